The maximum atomic E-state index is 9.53. The molecule has 0 atom stereocenters. The molecule has 0 aromatic rings. The van der Waals surface area contributed by atoms with Crippen LogP contribution in [-0.2, 0) is 45.3 Å². The molecule has 0 radical (unpaired) electrons. The standard InChI is InChI=1S/2Cr.Na.2H2O.5O.H2S.H/h;;;2*1H2;;;;;;1H2;/q3*+1;;;;;;;;;-1/p-2. The van der Waals surface area contributed by atoms with Crippen LogP contribution in [0.1, 0.15) is 1.43 Å². The van der Waals surface area contributed by atoms with Gasteiger partial charge in [0.2, 0.25) is 0 Å². The molecule has 0 spiro atoms. The van der Waals surface area contributed by atoms with Crippen molar-refractivity contribution >= 4 is 13.5 Å². The Labute approximate surface area is 97.1 Å². The molecular weight excluding hydrogens is 271 g/mol. The van der Waals surface area contributed by atoms with Crippen LogP contribution in [0.25, 0.3) is 0 Å². The fourth-order valence-electron chi connectivity index (χ4n) is 0.109. The van der Waals surface area contributed by atoms with Gasteiger partial charge in [0.1, 0.15) is 0 Å². The van der Waals surface area contributed by atoms with Gasteiger partial charge in [-0.05, 0) is 0 Å². The van der Waals surface area contributed by atoms with Gasteiger partial charge in [0.15, 0.2) is 0 Å². The van der Waals surface area contributed by atoms with Crippen molar-refractivity contribution in [3.05, 3.63) is 0 Å². The van der Waals surface area contributed by atoms with E-state index in [0.29, 0.717) is 0 Å². The average Bonchev–Trinajstić information content (AvgIpc) is 1.14. The molecule has 0 bridgehead atoms. The van der Waals surface area contributed by atoms with E-state index in [9.17, 15) is 15.2 Å². The molecule has 0 aromatic heterocycles. The molecule has 0 aliphatic rings. The summed E-state index contributed by atoms with van der Waals surface area (Å²) in [7, 11) is 0. The van der Waals surface area contributed by atoms with Crippen molar-refractivity contribution < 1.29 is 84.6 Å². The van der Waals surface area contributed by atoms with E-state index < -0.39 is 27.2 Å². The minimum absolute atomic E-state index is 0. The molecule has 0 saturated carbocycles. The Morgan fingerprint density at radius 1 is 1.00 bits per heavy atom. The first-order valence-corrected chi connectivity index (χ1v) is 5.63. The van der Waals surface area contributed by atoms with Crippen molar-refractivity contribution in [1.29, 1.82) is 0 Å². The van der Waals surface area contributed by atoms with E-state index in [0.717, 1.165) is 0 Å². The van der Waals surface area contributed by atoms with Gasteiger partial charge in [0.25, 0.3) is 0 Å². The van der Waals surface area contributed by atoms with E-state index in [4.69, 9.17) is 8.32 Å². The van der Waals surface area contributed by atoms with Gasteiger partial charge < -0.3 is 1.43 Å². The summed E-state index contributed by atoms with van der Waals surface area (Å²) in [6.45, 7) is 0. The second kappa shape index (κ2) is 6.03. The van der Waals surface area contributed by atoms with Crippen LogP contribution in [0, 0.1) is 0 Å². The first-order chi connectivity index (χ1) is 3.71. The van der Waals surface area contributed by atoms with Crippen LogP contribution in [-0.4, -0.2) is 8.32 Å². The molecular formula is H5Cr2NaO7S. The van der Waals surface area contributed by atoms with Gasteiger partial charge in [0.05, 0.1) is 0 Å². The first-order valence-electron chi connectivity index (χ1n) is 1.37. The Morgan fingerprint density at radius 3 is 1.18 bits per heavy atom. The van der Waals surface area contributed by atoms with Crippen LogP contribution in [0.4, 0.5) is 0 Å². The van der Waals surface area contributed by atoms with Crippen molar-refractivity contribution in [3.63, 3.8) is 0 Å². The summed E-state index contributed by atoms with van der Waals surface area (Å²) in [5.41, 5.74) is 0. The molecule has 0 saturated heterocycles. The molecule has 11 heteroatoms. The van der Waals surface area contributed by atoms with Crippen molar-refractivity contribution in [1.82, 2.24) is 0 Å². The summed E-state index contributed by atoms with van der Waals surface area (Å²) >= 11 is -11.5. The summed E-state index contributed by atoms with van der Waals surface area (Å²) in [5.74, 6) is 0. The summed E-state index contributed by atoms with van der Waals surface area (Å²) in [5, 5.41) is 0. The molecule has 0 rings (SSSR count). The molecule has 0 aliphatic heterocycles. The van der Waals surface area contributed by atoms with Gasteiger partial charge in [-0.15, -0.1) is 0 Å². The Kier molecular flexibility index (Phi) is 10.0. The molecule has 0 amide bonds. The number of hydrogen-bond acceptors (Lipinski definition) is 5. The maximum absolute atomic E-state index is 9.53. The van der Waals surface area contributed by atoms with E-state index in [2.05, 4.69) is 2.84 Å². The monoisotopic (exact) mass is 276 g/mol. The molecule has 11 heavy (non-hydrogen) atoms. The second-order valence-corrected chi connectivity index (χ2v) is 4.68. The van der Waals surface area contributed by atoms with Gasteiger partial charge in [-0.2, -0.15) is 13.5 Å². The Morgan fingerprint density at radius 2 is 1.18 bits per heavy atom. The van der Waals surface area contributed by atoms with Gasteiger partial charge in [-0.25, -0.2) is 0 Å². The van der Waals surface area contributed by atoms with E-state index in [-0.39, 0.29) is 44.5 Å². The van der Waals surface area contributed by atoms with E-state index in [1.807, 2.05) is 0 Å². The number of hydrogen-bond donors (Lipinski definition) is 2. The fraction of sp³-hybridized carbons (Fsp3) is 0. The molecule has 0 fully saturated rings. The van der Waals surface area contributed by atoms with Gasteiger partial charge in [-0.1, -0.05) is 0 Å². The Bertz CT molecular complexity index is 247. The number of rotatable bonds is 2. The first kappa shape index (κ1) is 18.3. The third kappa shape index (κ3) is 18.4. The zero-order valence-corrected chi connectivity index (χ0v) is 10.8. The topological polar surface area (TPSA) is 118 Å². The normalized spacial score (nSPS) is 11.1. The van der Waals surface area contributed by atoms with E-state index in [1.165, 1.54) is 0 Å². The van der Waals surface area contributed by atoms with Crippen LogP contribution in [0.5, 0.6) is 0 Å². The predicted octanol–water partition coefficient (Wildman–Crippen LogP) is -4.43. The van der Waals surface area contributed by atoms with Crippen LogP contribution in [0.15, 0.2) is 0 Å². The molecule has 66 valence electrons. The minimum atomic E-state index is -5.76. The van der Waals surface area contributed by atoms with Gasteiger partial charge >= 0.3 is 83.2 Å². The van der Waals surface area contributed by atoms with E-state index in [1.54, 1.807) is 0 Å². The molecule has 7 nitrogen and oxygen atoms in total. The van der Waals surface area contributed by atoms with Crippen LogP contribution in [0.3, 0.4) is 0 Å². The van der Waals surface area contributed by atoms with Crippen molar-refractivity contribution in [2.45, 2.75) is 0 Å². The third-order valence-corrected chi connectivity index (χ3v) is 2.92. The summed E-state index contributed by atoms with van der Waals surface area (Å²) in [6, 6.07) is 0. The molecule has 0 aromatic carbocycles. The SMILES string of the molecule is S.[H-].[Na+].[O]=[Cr](=[O])([OH])[O][Cr](=[O])(=[O])[OH]. The van der Waals surface area contributed by atoms with E-state index >= 15 is 0 Å². The van der Waals surface area contributed by atoms with Crippen molar-refractivity contribution in [2.75, 3.05) is 0 Å². The van der Waals surface area contributed by atoms with Gasteiger partial charge in [0, 0.05) is 0 Å². The predicted molar refractivity (Wildman–Crippen MR) is 19.8 cm³/mol. The van der Waals surface area contributed by atoms with Crippen molar-refractivity contribution in [2.24, 2.45) is 0 Å². The molecule has 0 aliphatic carbocycles. The van der Waals surface area contributed by atoms with Crippen LogP contribution >= 0.6 is 13.5 Å². The van der Waals surface area contributed by atoms with Crippen LogP contribution in [0.2, 0.25) is 0 Å². The summed E-state index contributed by atoms with van der Waals surface area (Å²) in [6.07, 6.45) is 0. The summed E-state index contributed by atoms with van der Waals surface area (Å²) in [4.78, 5) is 0. The molecule has 0 unspecified atom stereocenters. The Hall–Kier alpha value is 1.49. The quantitative estimate of drug-likeness (QED) is 0.488. The second-order valence-electron chi connectivity index (χ2n) is 0.924. The third-order valence-electron chi connectivity index (χ3n) is 0.172. The Balaban J connectivity index is -0.000000107. The van der Waals surface area contributed by atoms with Crippen molar-refractivity contribution in [3.8, 4) is 0 Å². The fourth-order valence-corrected chi connectivity index (χ4v) is 1.85. The molecule has 2 N–H and O–H groups in total. The zero-order chi connectivity index (χ0) is 7.71. The molecule has 0 heterocycles. The van der Waals surface area contributed by atoms with Crippen LogP contribution < -0.4 is 29.6 Å². The zero-order valence-electron chi connectivity index (χ0n) is 6.25. The average molecular weight is 276 g/mol. The summed E-state index contributed by atoms with van der Waals surface area (Å²) < 4.78 is 56.3. The van der Waals surface area contributed by atoms with Gasteiger partial charge in [-0.3, -0.25) is 0 Å².